The van der Waals surface area contributed by atoms with Crippen LogP contribution in [-0.4, -0.2) is 68.9 Å². The van der Waals surface area contributed by atoms with E-state index < -0.39 is 5.92 Å². The van der Waals surface area contributed by atoms with Crippen LogP contribution in [0.3, 0.4) is 0 Å². The zero-order valence-corrected chi connectivity index (χ0v) is 19.8. The number of aromatic nitrogens is 4. The van der Waals surface area contributed by atoms with Crippen LogP contribution in [0, 0.1) is 5.92 Å². The molecule has 3 fully saturated rings. The Morgan fingerprint density at radius 1 is 1.15 bits per heavy atom. The topological polar surface area (TPSA) is 93.2 Å². The van der Waals surface area contributed by atoms with Gasteiger partial charge in [-0.2, -0.15) is 10.1 Å². The third-order valence-electron chi connectivity index (χ3n) is 7.06. The van der Waals surface area contributed by atoms with E-state index >= 15 is 0 Å². The zero-order valence-electron chi connectivity index (χ0n) is 18.9. The molecule has 5 heterocycles. The van der Waals surface area contributed by atoms with Crippen LogP contribution in [0.1, 0.15) is 48.6 Å². The lowest BCUT2D eigenvalue weighted by atomic mass is 9.98. The maximum Gasteiger partial charge on any atom is 0.261 e. The summed E-state index contributed by atoms with van der Waals surface area (Å²) < 4.78 is 28.3. The second kappa shape index (κ2) is 8.69. The number of halogens is 2. The number of aromatic amines is 1. The number of rotatable bonds is 7. The number of aliphatic hydroxyl groups is 1. The molecule has 182 valence electrons. The van der Waals surface area contributed by atoms with Gasteiger partial charge in [-0.05, 0) is 37.7 Å². The van der Waals surface area contributed by atoms with Gasteiger partial charge in [-0.15, -0.1) is 11.3 Å². The molecule has 1 aliphatic carbocycles. The van der Waals surface area contributed by atoms with Crippen molar-refractivity contribution >= 4 is 39.1 Å². The molecule has 2 aliphatic heterocycles. The lowest BCUT2D eigenvalue weighted by molar-refractivity contribution is 0.0116. The Morgan fingerprint density at radius 3 is 2.68 bits per heavy atom. The molecule has 0 aromatic carbocycles. The average Bonchev–Trinajstić information content (AvgIpc) is 3.27. The maximum atomic E-state index is 13.7. The smallest absolute Gasteiger partial charge is 0.261 e. The average molecular weight is 490 g/mol. The molecule has 0 bridgehead atoms. The third-order valence-corrected chi connectivity index (χ3v) is 8.17. The number of anilines is 3. The Morgan fingerprint density at radius 2 is 1.97 bits per heavy atom. The van der Waals surface area contributed by atoms with Crippen LogP contribution in [0.25, 0.3) is 10.2 Å². The van der Waals surface area contributed by atoms with E-state index in [1.165, 1.54) is 12.8 Å². The normalized spacial score (nSPS) is 21.6. The molecule has 8 nitrogen and oxygen atoms in total. The van der Waals surface area contributed by atoms with Crippen LogP contribution in [-0.2, 0) is 6.54 Å². The van der Waals surface area contributed by atoms with E-state index in [1.807, 2.05) is 12.1 Å². The number of nitrogens with one attached hydrogen (secondary N) is 2. The highest BCUT2D eigenvalue weighted by atomic mass is 32.1. The van der Waals surface area contributed by atoms with Crippen LogP contribution in [0.5, 0.6) is 0 Å². The van der Waals surface area contributed by atoms with Gasteiger partial charge in [0.25, 0.3) is 5.92 Å². The minimum atomic E-state index is -2.60. The Hall–Kier alpha value is -2.37. The first-order valence-electron chi connectivity index (χ1n) is 12.0. The first-order valence-corrected chi connectivity index (χ1v) is 12.9. The van der Waals surface area contributed by atoms with Gasteiger partial charge in [0.2, 0.25) is 5.95 Å². The van der Waals surface area contributed by atoms with Crippen molar-refractivity contribution in [3.05, 3.63) is 22.7 Å². The number of hydrogen-bond acceptors (Lipinski definition) is 8. The van der Waals surface area contributed by atoms with Gasteiger partial charge >= 0.3 is 0 Å². The summed E-state index contributed by atoms with van der Waals surface area (Å²) in [5, 5.41) is 20.4. The Balaban J connectivity index is 1.30. The molecule has 3 aromatic rings. The fraction of sp³-hybridized carbons (Fsp3) is 0.609. The lowest BCUT2D eigenvalue weighted by Crippen LogP contribution is -2.35. The predicted octanol–water partition coefficient (Wildman–Crippen LogP) is 4.09. The van der Waals surface area contributed by atoms with Crippen molar-refractivity contribution in [3.63, 3.8) is 0 Å². The SMILES string of the molecule is OCC1CCN(c2nc(Nc3cc(C4CC4)[nH]n3)c3sc(CN4CCC(F)(F)C4)cc3n2)CC1. The van der Waals surface area contributed by atoms with Crippen LogP contribution in [0.2, 0.25) is 0 Å². The summed E-state index contributed by atoms with van der Waals surface area (Å²) in [6.45, 7) is 2.50. The minimum absolute atomic E-state index is 0.0824. The van der Waals surface area contributed by atoms with E-state index in [1.54, 1.807) is 16.2 Å². The molecule has 2 saturated heterocycles. The van der Waals surface area contributed by atoms with Crippen molar-refractivity contribution in [2.75, 3.05) is 43.0 Å². The molecule has 3 aliphatic rings. The summed E-state index contributed by atoms with van der Waals surface area (Å²) in [5.74, 6) is 0.372. The number of fused-ring (bicyclic) bond motifs is 1. The second-order valence-corrected chi connectivity index (χ2v) is 11.0. The lowest BCUT2D eigenvalue weighted by Gasteiger charge is -2.31. The molecule has 0 unspecified atom stereocenters. The highest BCUT2D eigenvalue weighted by Crippen LogP contribution is 2.40. The summed E-state index contributed by atoms with van der Waals surface area (Å²) >= 11 is 1.55. The first kappa shape index (κ1) is 22.1. The van der Waals surface area contributed by atoms with E-state index in [2.05, 4.69) is 20.4 Å². The summed E-state index contributed by atoms with van der Waals surface area (Å²) in [7, 11) is 0. The molecular weight excluding hydrogens is 460 g/mol. The first-order chi connectivity index (χ1) is 16.5. The van der Waals surface area contributed by atoms with E-state index in [-0.39, 0.29) is 19.6 Å². The summed E-state index contributed by atoms with van der Waals surface area (Å²) in [5.41, 5.74) is 1.96. The van der Waals surface area contributed by atoms with Crippen molar-refractivity contribution in [3.8, 4) is 0 Å². The van der Waals surface area contributed by atoms with Gasteiger partial charge in [0, 0.05) is 61.8 Å². The van der Waals surface area contributed by atoms with E-state index in [0.29, 0.717) is 36.7 Å². The van der Waals surface area contributed by atoms with E-state index in [4.69, 9.17) is 9.97 Å². The molecule has 11 heteroatoms. The van der Waals surface area contributed by atoms with E-state index in [0.717, 1.165) is 52.5 Å². The largest absolute Gasteiger partial charge is 0.396 e. The van der Waals surface area contributed by atoms with Gasteiger partial charge in [-0.1, -0.05) is 0 Å². The Kier molecular flexibility index (Phi) is 5.65. The van der Waals surface area contributed by atoms with Crippen LogP contribution < -0.4 is 10.2 Å². The van der Waals surface area contributed by atoms with Crippen molar-refractivity contribution in [1.29, 1.82) is 0 Å². The number of H-pyrrole nitrogens is 1. The van der Waals surface area contributed by atoms with Crippen molar-refractivity contribution in [2.24, 2.45) is 5.92 Å². The Bertz CT molecular complexity index is 1170. The zero-order chi connectivity index (χ0) is 23.3. The van der Waals surface area contributed by atoms with Crippen molar-refractivity contribution in [1.82, 2.24) is 25.1 Å². The van der Waals surface area contributed by atoms with Gasteiger partial charge < -0.3 is 15.3 Å². The van der Waals surface area contributed by atoms with Crippen molar-refractivity contribution in [2.45, 2.75) is 50.5 Å². The van der Waals surface area contributed by atoms with Gasteiger partial charge in [0.05, 0.1) is 16.8 Å². The molecule has 1 saturated carbocycles. The number of hydrogen-bond donors (Lipinski definition) is 3. The Labute approximate surface area is 200 Å². The van der Waals surface area contributed by atoms with E-state index in [9.17, 15) is 13.9 Å². The molecule has 0 radical (unpaired) electrons. The fourth-order valence-corrected chi connectivity index (χ4v) is 5.96. The van der Waals surface area contributed by atoms with Gasteiger partial charge in [0.15, 0.2) is 11.6 Å². The molecule has 0 spiro atoms. The number of thiophene rings is 1. The monoisotopic (exact) mass is 489 g/mol. The predicted molar refractivity (Wildman–Crippen MR) is 128 cm³/mol. The van der Waals surface area contributed by atoms with Gasteiger partial charge in [-0.25, -0.2) is 13.8 Å². The van der Waals surface area contributed by atoms with Gasteiger partial charge in [0.1, 0.15) is 0 Å². The quantitative estimate of drug-likeness (QED) is 0.460. The third kappa shape index (κ3) is 4.60. The summed E-state index contributed by atoms with van der Waals surface area (Å²) in [6.07, 6.45) is 4.11. The highest BCUT2D eigenvalue weighted by molar-refractivity contribution is 7.19. The molecular formula is C23H29F2N7OS. The fourth-order valence-electron chi connectivity index (χ4n) is 4.87. The van der Waals surface area contributed by atoms with Gasteiger partial charge in [-0.3, -0.25) is 10.00 Å². The van der Waals surface area contributed by atoms with Crippen molar-refractivity contribution < 1.29 is 13.9 Å². The molecule has 0 atom stereocenters. The molecule has 34 heavy (non-hydrogen) atoms. The summed E-state index contributed by atoms with van der Waals surface area (Å²) in [4.78, 5) is 14.7. The number of likely N-dealkylation sites (tertiary alicyclic amines) is 1. The summed E-state index contributed by atoms with van der Waals surface area (Å²) in [6, 6.07) is 4.05. The molecule has 3 aromatic heterocycles. The molecule has 3 N–H and O–H groups in total. The molecule has 0 amide bonds. The highest BCUT2D eigenvalue weighted by Gasteiger charge is 2.38. The minimum Gasteiger partial charge on any atom is -0.396 e. The molecule has 6 rings (SSSR count). The second-order valence-electron chi connectivity index (χ2n) is 9.84. The number of nitrogens with zero attached hydrogens (tertiary/aromatic N) is 5. The number of alkyl halides is 2. The number of aliphatic hydroxyl groups excluding tert-OH is 1. The van der Waals surface area contributed by atoms with Crippen LogP contribution in [0.15, 0.2) is 12.1 Å². The van der Waals surface area contributed by atoms with Crippen LogP contribution >= 0.6 is 11.3 Å². The maximum absolute atomic E-state index is 13.7. The van der Waals surface area contributed by atoms with Crippen LogP contribution in [0.4, 0.5) is 26.4 Å². The number of piperidine rings is 1. The standard InChI is InChI=1S/C23H29F2N7OS/c24-23(25)5-8-31(13-23)11-16-9-18-20(34-16)21(27-19-10-17(29-30-19)15-1-2-15)28-22(26-18)32-6-3-14(12-33)4-7-32/h9-10,14-15,33H,1-8,11-13H2,(H2,26,27,28,29,30).